The van der Waals surface area contributed by atoms with Crippen LogP contribution in [0.1, 0.15) is 17.3 Å². The van der Waals surface area contributed by atoms with Gasteiger partial charge in [0.2, 0.25) is 0 Å². The van der Waals surface area contributed by atoms with Gasteiger partial charge in [-0.2, -0.15) is 0 Å². The Morgan fingerprint density at radius 3 is 2.65 bits per heavy atom. The Hall–Kier alpha value is -1.50. The van der Waals surface area contributed by atoms with Gasteiger partial charge in [-0.05, 0) is 0 Å². The molecule has 17 heavy (non-hydrogen) atoms. The summed E-state index contributed by atoms with van der Waals surface area (Å²) in [6.07, 6.45) is 0. The van der Waals surface area contributed by atoms with E-state index in [0.29, 0.717) is 15.7 Å². The van der Waals surface area contributed by atoms with Crippen molar-refractivity contribution >= 4 is 46.3 Å². The van der Waals surface area contributed by atoms with E-state index in [1.165, 1.54) is 7.11 Å². The fourth-order valence-corrected chi connectivity index (χ4v) is 1.77. The van der Waals surface area contributed by atoms with Gasteiger partial charge >= 0.3 is 107 Å². The average Bonchev–Trinajstić information content (AvgIpc) is 2.29. The maximum absolute atomic E-state index is 11.6. The molecule has 0 bridgehead atoms. The molecule has 5 nitrogen and oxygen atoms in total. The van der Waals surface area contributed by atoms with Crippen molar-refractivity contribution in [3.05, 3.63) is 27.1 Å². The monoisotopic (exact) mass is 296 g/mol. The van der Waals surface area contributed by atoms with E-state index in [-0.39, 0.29) is 11.3 Å². The SMILES string of the molecule is B=C(C)Nc1ccc(Br)c(C(=O)OC)c1N=O. The molecular weight excluding hydrogens is 287 g/mol. The molecule has 0 aromatic heterocycles. The Morgan fingerprint density at radius 2 is 2.18 bits per heavy atom. The molecule has 88 valence electrons. The summed E-state index contributed by atoms with van der Waals surface area (Å²) in [5.41, 5.74) is 1.13. The Bertz CT molecular complexity index is 491. The summed E-state index contributed by atoms with van der Waals surface area (Å²) in [5.74, 6) is -0.628. The predicted octanol–water partition coefficient (Wildman–Crippen LogP) is 2.10. The molecule has 0 fully saturated rings. The zero-order chi connectivity index (χ0) is 13.0. The minimum absolute atomic E-state index is 0.00535. The summed E-state index contributed by atoms with van der Waals surface area (Å²) >= 11 is 3.18. The molecule has 0 saturated heterocycles. The molecule has 1 aromatic carbocycles. The van der Waals surface area contributed by atoms with Crippen molar-refractivity contribution in [3.63, 3.8) is 0 Å². The van der Waals surface area contributed by atoms with Gasteiger partial charge < -0.3 is 0 Å². The summed E-state index contributed by atoms with van der Waals surface area (Å²) in [4.78, 5) is 22.4. The zero-order valence-electron chi connectivity index (χ0n) is 9.41. The van der Waals surface area contributed by atoms with Crippen molar-refractivity contribution in [2.75, 3.05) is 12.4 Å². The van der Waals surface area contributed by atoms with Gasteiger partial charge in [-0.3, -0.25) is 0 Å². The topological polar surface area (TPSA) is 67.8 Å². The number of nitrogens with zero attached hydrogens (tertiary/aromatic N) is 1. The predicted molar refractivity (Wildman–Crippen MR) is 72.4 cm³/mol. The fraction of sp³-hybridized carbons (Fsp3) is 0.200. The number of nitroso groups, excluding NO2 is 1. The third-order valence-corrected chi connectivity index (χ3v) is 2.62. The number of methoxy groups -OCH3 is 1. The Kier molecular flexibility index (Phi) is 4.57. The molecular formula is C10H10BBrN2O3. The molecule has 0 atom stereocenters. The first-order valence-electron chi connectivity index (χ1n) is 4.68. The number of esters is 1. The van der Waals surface area contributed by atoms with Gasteiger partial charge in [0.15, 0.2) is 0 Å². The molecule has 0 heterocycles. The molecule has 7 heteroatoms. The van der Waals surface area contributed by atoms with E-state index in [1.54, 1.807) is 19.1 Å². The van der Waals surface area contributed by atoms with Crippen molar-refractivity contribution < 1.29 is 9.53 Å². The second-order valence-corrected chi connectivity index (χ2v) is 4.16. The van der Waals surface area contributed by atoms with Crippen LogP contribution in [0.15, 0.2) is 21.8 Å². The van der Waals surface area contributed by atoms with Gasteiger partial charge in [0, 0.05) is 0 Å². The third kappa shape index (κ3) is 3.00. The number of anilines is 1. The Labute approximate surface area is 108 Å². The van der Waals surface area contributed by atoms with Crippen LogP contribution in [0.3, 0.4) is 0 Å². The van der Waals surface area contributed by atoms with Crippen LogP contribution in [0.4, 0.5) is 11.4 Å². The van der Waals surface area contributed by atoms with E-state index >= 15 is 0 Å². The van der Waals surface area contributed by atoms with E-state index in [0.717, 1.165) is 0 Å². The van der Waals surface area contributed by atoms with E-state index < -0.39 is 5.97 Å². The number of rotatable bonds is 4. The maximum atomic E-state index is 11.6. The van der Waals surface area contributed by atoms with Crippen LogP contribution >= 0.6 is 15.9 Å². The minimum atomic E-state index is -0.628. The summed E-state index contributed by atoms with van der Waals surface area (Å²) in [5, 5.41) is 5.72. The molecule has 0 spiro atoms. The van der Waals surface area contributed by atoms with Crippen molar-refractivity contribution in [1.29, 1.82) is 0 Å². The quantitative estimate of drug-likeness (QED) is 0.525. The number of carbonyl (C=O) groups excluding carboxylic acids is 1. The normalized spacial score (nSPS) is 9.53. The Balaban J connectivity index is 3.41. The van der Waals surface area contributed by atoms with Crippen LogP contribution in [0, 0.1) is 4.91 Å². The molecule has 1 aromatic rings. The fourth-order valence-electron chi connectivity index (χ4n) is 1.29. The number of ether oxygens (including phenoxy) is 1. The molecule has 1 N–H and O–H groups in total. The summed E-state index contributed by atoms with van der Waals surface area (Å²) in [6, 6.07) is 3.26. The average molecular weight is 297 g/mol. The van der Waals surface area contributed by atoms with Gasteiger partial charge in [-0.15, -0.1) is 0 Å². The van der Waals surface area contributed by atoms with Crippen LogP contribution in [-0.2, 0) is 4.74 Å². The molecule has 0 aliphatic rings. The molecule has 0 aliphatic carbocycles. The second kappa shape index (κ2) is 5.72. The van der Waals surface area contributed by atoms with Crippen molar-refractivity contribution in [2.45, 2.75) is 6.92 Å². The van der Waals surface area contributed by atoms with Crippen LogP contribution < -0.4 is 5.32 Å². The van der Waals surface area contributed by atoms with Gasteiger partial charge in [-0.1, -0.05) is 0 Å². The molecule has 1 rings (SSSR count). The van der Waals surface area contributed by atoms with Gasteiger partial charge in [0.05, 0.1) is 0 Å². The van der Waals surface area contributed by atoms with E-state index in [4.69, 9.17) is 0 Å². The first-order valence-corrected chi connectivity index (χ1v) is 5.47. The standard InChI is InChI=1S/C10H10BBrN2O3/c1-5(11)13-7-4-3-6(12)8(9(7)14-16)10(15)17-2/h3-4,11,13H,1-2H3. The zero-order valence-corrected chi connectivity index (χ0v) is 11.0. The van der Waals surface area contributed by atoms with Gasteiger partial charge in [0.1, 0.15) is 0 Å². The summed E-state index contributed by atoms with van der Waals surface area (Å²) in [7, 11) is 4.90. The molecule has 0 unspecified atom stereocenters. The first kappa shape index (κ1) is 13.6. The summed E-state index contributed by atoms with van der Waals surface area (Å²) < 4.78 is 5.05. The number of halogens is 1. The number of hydrogen-bond donors (Lipinski definition) is 1. The van der Waals surface area contributed by atoms with Crippen LogP contribution in [0.5, 0.6) is 0 Å². The van der Waals surface area contributed by atoms with Crippen LogP contribution in [-0.4, -0.2) is 26.2 Å². The number of carbonyl (C=O) groups is 1. The van der Waals surface area contributed by atoms with Crippen molar-refractivity contribution in [2.24, 2.45) is 5.18 Å². The molecule has 0 amide bonds. The van der Waals surface area contributed by atoms with Crippen molar-refractivity contribution in [3.8, 4) is 0 Å². The van der Waals surface area contributed by atoms with Crippen LogP contribution in [0.25, 0.3) is 0 Å². The molecule has 0 aliphatic heterocycles. The molecule has 0 radical (unpaired) electrons. The van der Waals surface area contributed by atoms with E-state index in [9.17, 15) is 9.70 Å². The Morgan fingerprint density at radius 1 is 1.53 bits per heavy atom. The first-order chi connectivity index (χ1) is 8.01. The number of hydrogen-bond acceptors (Lipinski definition) is 5. The van der Waals surface area contributed by atoms with Gasteiger partial charge in [0.25, 0.3) is 0 Å². The van der Waals surface area contributed by atoms with Crippen LogP contribution in [0.2, 0.25) is 0 Å². The van der Waals surface area contributed by atoms with E-state index in [2.05, 4.69) is 38.6 Å². The summed E-state index contributed by atoms with van der Waals surface area (Å²) in [6.45, 7) is 1.73. The molecule has 0 saturated carbocycles. The van der Waals surface area contributed by atoms with Gasteiger partial charge in [-0.25, -0.2) is 0 Å². The van der Waals surface area contributed by atoms with Crippen molar-refractivity contribution in [1.82, 2.24) is 0 Å². The second-order valence-electron chi connectivity index (χ2n) is 3.31. The number of benzene rings is 1. The third-order valence-electron chi connectivity index (χ3n) is 1.96. The van der Waals surface area contributed by atoms with E-state index in [1.807, 2.05) is 0 Å². The number of nitrogens with one attached hydrogen (secondary N) is 1.